The summed E-state index contributed by atoms with van der Waals surface area (Å²) >= 11 is 0. The lowest BCUT2D eigenvalue weighted by Crippen LogP contribution is -2.05. The van der Waals surface area contributed by atoms with Crippen LogP contribution in [0.2, 0.25) is 0 Å². The van der Waals surface area contributed by atoms with Crippen LogP contribution >= 0.6 is 0 Å². The highest BCUT2D eigenvalue weighted by Gasteiger charge is 2.32. The lowest BCUT2D eigenvalue weighted by Gasteiger charge is -2.05. The van der Waals surface area contributed by atoms with Crippen molar-refractivity contribution >= 4 is 5.69 Å². The minimum atomic E-state index is 0.538. The van der Waals surface area contributed by atoms with Crippen molar-refractivity contribution < 1.29 is 0 Å². The van der Waals surface area contributed by atoms with Gasteiger partial charge in [0, 0.05) is 12.2 Å². The molecule has 2 rings (SSSR count). The Hall–Kier alpha value is -1.56. The summed E-state index contributed by atoms with van der Waals surface area (Å²) in [6.07, 6.45) is 4.55. The first-order valence-corrected chi connectivity index (χ1v) is 4.42. The van der Waals surface area contributed by atoms with Crippen LogP contribution in [0.1, 0.15) is 18.9 Å². The molecular formula is C10H11N3. The second-order valence-electron chi connectivity index (χ2n) is 3.50. The number of rotatable bonds is 2. The first-order valence-electron chi connectivity index (χ1n) is 4.42. The van der Waals surface area contributed by atoms with Crippen molar-refractivity contribution in [3.8, 4) is 6.07 Å². The number of hydrogen-bond donors (Lipinski definition) is 1. The monoisotopic (exact) mass is 173 g/mol. The summed E-state index contributed by atoms with van der Waals surface area (Å²) in [5.74, 6) is 0.728. The molecule has 1 fully saturated rings. The Kier molecular flexibility index (Phi) is 1.90. The number of nitrogens with one attached hydrogen (secondary N) is 1. The Morgan fingerprint density at radius 3 is 3.08 bits per heavy atom. The first-order chi connectivity index (χ1) is 6.31. The smallest absolute Gasteiger partial charge is 0.101 e. The predicted molar refractivity (Wildman–Crippen MR) is 50.1 cm³/mol. The Bertz CT molecular complexity index is 353. The van der Waals surface area contributed by atoms with Crippen LogP contribution in [0, 0.1) is 17.2 Å². The second-order valence-corrected chi connectivity index (χ2v) is 3.50. The standard InChI is InChI=1S/C10H11N3/c1-7-4-9(7)13-10-6-12-3-2-8(10)5-11/h2-3,6-7,9,13H,4H2,1H3. The minimum absolute atomic E-state index is 0.538. The molecule has 1 aliphatic rings. The molecule has 13 heavy (non-hydrogen) atoms. The maximum Gasteiger partial charge on any atom is 0.101 e. The summed E-state index contributed by atoms with van der Waals surface area (Å²) in [6, 6.07) is 4.41. The molecule has 0 saturated heterocycles. The molecular weight excluding hydrogens is 162 g/mol. The molecule has 1 N–H and O–H groups in total. The van der Waals surface area contributed by atoms with E-state index >= 15 is 0 Å². The van der Waals surface area contributed by atoms with Gasteiger partial charge in [0.25, 0.3) is 0 Å². The van der Waals surface area contributed by atoms with Crippen molar-refractivity contribution in [1.29, 1.82) is 5.26 Å². The number of pyridine rings is 1. The fourth-order valence-electron chi connectivity index (χ4n) is 1.33. The number of nitrogens with zero attached hydrogens (tertiary/aromatic N) is 2. The number of hydrogen-bond acceptors (Lipinski definition) is 3. The summed E-state index contributed by atoms with van der Waals surface area (Å²) in [7, 11) is 0. The van der Waals surface area contributed by atoms with Crippen LogP contribution in [0.5, 0.6) is 0 Å². The van der Waals surface area contributed by atoms with E-state index in [1.165, 1.54) is 6.42 Å². The van der Waals surface area contributed by atoms with Crippen molar-refractivity contribution in [2.24, 2.45) is 5.92 Å². The first kappa shape index (κ1) is 8.06. The summed E-state index contributed by atoms with van der Waals surface area (Å²) < 4.78 is 0. The Morgan fingerprint density at radius 1 is 1.69 bits per heavy atom. The van der Waals surface area contributed by atoms with Crippen LogP contribution in [0.25, 0.3) is 0 Å². The van der Waals surface area contributed by atoms with E-state index in [0.29, 0.717) is 11.6 Å². The van der Waals surface area contributed by atoms with E-state index in [9.17, 15) is 0 Å². The van der Waals surface area contributed by atoms with Crippen molar-refractivity contribution in [1.82, 2.24) is 4.98 Å². The summed E-state index contributed by atoms with van der Waals surface area (Å²) in [4.78, 5) is 3.99. The molecule has 0 aliphatic heterocycles. The molecule has 3 nitrogen and oxygen atoms in total. The molecule has 0 bridgehead atoms. The number of aromatic nitrogens is 1. The Labute approximate surface area is 77.4 Å². The minimum Gasteiger partial charge on any atom is -0.380 e. The van der Waals surface area contributed by atoms with Gasteiger partial charge in [-0.1, -0.05) is 6.92 Å². The zero-order valence-corrected chi connectivity index (χ0v) is 7.49. The van der Waals surface area contributed by atoms with Crippen molar-refractivity contribution in [2.45, 2.75) is 19.4 Å². The average Bonchev–Trinajstić information content (AvgIpc) is 2.83. The molecule has 1 aliphatic carbocycles. The van der Waals surface area contributed by atoms with Gasteiger partial charge in [-0.25, -0.2) is 0 Å². The van der Waals surface area contributed by atoms with Gasteiger partial charge in [0.1, 0.15) is 6.07 Å². The van der Waals surface area contributed by atoms with Gasteiger partial charge < -0.3 is 5.32 Å². The molecule has 0 amide bonds. The highest BCUT2D eigenvalue weighted by Crippen LogP contribution is 2.33. The average molecular weight is 173 g/mol. The van der Waals surface area contributed by atoms with Crippen molar-refractivity contribution in [3.05, 3.63) is 24.0 Å². The summed E-state index contributed by atoms with van der Waals surface area (Å²) in [5.41, 5.74) is 1.54. The van der Waals surface area contributed by atoms with Crippen LogP contribution < -0.4 is 5.32 Å². The highest BCUT2D eigenvalue weighted by molar-refractivity contribution is 5.56. The molecule has 3 heteroatoms. The molecule has 1 aromatic rings. The van der Waals surface area contributed by atoms with Crippen molar-refractivity contribution in [3.63, 3.8) is 0 Å². The van der Waals surface area contributed by atoms with E-state index in [1.54, 1.807) is 18.5 Å². The summed E-state index contributed by atoms with van der Waals surface area (Å²) in [5, 5.41) is 12.1. The normalized spacial score (nSPS) is 24.9. The van der Waals surface area contributed by atoms with E-state index in [4.69, 9.17) is 5.26 Å². The number of anilines is 1. The van der Waals surface area contributed by atoms with Gasteiger partial charge in [0.15, 0.2) is 0 Å². The molecule has 0 aromatic carbocycles. The van der Waals surface area contributed by atoms with Crippen LogP contribution in [-0.2, 0) is 0 Å². The molecule has 1 saturated carbocycles. The zero-order valence-electron chi connectivity index (χ0n) is 7.49. The molecule has 1 heterocycles. The van der Waals surface area contributed by atoms with Gasteiger partial charge in [0.05, 0.1) is 17.4 Å². The molecule has 0 spiro atoms. The SMILES string of the molecule is CC1CC1Nc1cnccc1C#N. The van der Waals surface area contributed by atoms with Crippen LogP contribution in [-0.4, -0.2) is 11.0 Å². The maximum absolute atomic E-state index is 8.80. The third kappa shape index (κ3) is 1.62. The van der Waals surface area contributed by atoms with E-state index in [0.717, 1.165) is 11.6 Å². The van der Waals surface area contributed by atoms with Crippen LogP contribution in [0.4, 0.5) is 5.69 Å². The third-order valence-electron chi connectivity index (χ3n) is 2.39. The maximum atomic E-state index is 8.80. The molecule has 2 unspecified atom stereocenters. The van der Waals surface area contributed by atoms with Crippen molar-refractivity contribution in [2.75, 3.05) is 5.32 Å². The van der Waals surface area contributed by atoms with Crippen LogP contribution in [0.3, 0.4) is 0 Å². The molecule has 2 atom stereocenters. The summed E-state index contributed by atoms with van der Waals surface area (Å²) in [6.45, 7) is 2.19. The second kappa shape index (κ2) is 3.06. The fourth-order valence-corrected chi connectivity index (χ4v) is 1.33. The van der Waals surface area contributed by atoms with E-state index in [-0.39, 0.29) is 0 Å². The Morgan fingerprint density at radius 2 is 2.46 bits per heavy atom. The fraction of sp³-hybridized carbons (Fsp3) is 0.400. The van der Waals surface area contributed by atoms with Crippen LogP contribution in [0.15, 0.2) is 18.5 Å². The van der Waals surface area contributed by atoms with E-state index in [2.05, 4.69) is 23.3 Å². The predicted octanol–water partition coefficient (Wildman–Crippen LogP) is 1.77. The van der Waals surface area contributed by atoms with E-state index < -0.39 is 0 Å². The lowest BCUT2D eigenvalue weighted by atomic mass is 10.2. The van der Waals surface area contributed by atoms with Gasteiger partial charge in [-0.3, -0.25) is 4.98 Å². The van der Waals surface area contributed by atoms with Gasteiger partial charge in [-0.2, -0.15) is 5.26 Å². The third-order valence-corrected chi connectivity index (χ3v) is 2.39. The lowest BCUT2D eigenvalue weighted by molar-refractivity contribution is 0.928. The molecule has 66 valence electrons. The van der Waals surface area contributed by atoms with Gasteiger partial charge in [0.2, 0.25) is 0 Å². The number of nitriles is 1. The highest BCUT2D eigenvalue weighted by atomic mass is 15.0. The van der Waals surface area contributed by atoms with Gasteiger partial charge >= 0.3 is 0 Å². The zero-order chi connectivity index (χ0) is 9.26. The molecule has 1 aromatic heterocycles. The Balaban J connectivity index is 2.15. The molecule has 0 radical (unpaired) electrons. The van der Waals surface area contributed by atoms with Gasteiger partial charge in [-0.15, -0.1) is 0 Å². The largest absolute Gasteiger partial charge is 0.380 e. The topological polar surface area (TPSA) is 48.7 Å². The quantitative estimate of drug-likeness (QED) is 0.741. The van der Waals surface area contributed by atoms with Gasteiger partial charge in [-0.05, 0) is 18.4 Å². The van der Waals surface area contributed by atoms with E-state index in [1.807, 2.05) is 0 Å².